The Morgan fingerprint density at radius 3 is 2.46 bits per heavy atom. The molecule has 1 fully saturated rings. The zero-order chi connectivity index (χ0) is 32.0. The number of nitrogens with zero attached hydrogens (tertiary/aromatic N) is 3. The van der Waals surface area contributed by atoms with E-state index in [-0.39, 0.29) is 43.0 Å². The zero-order valence-electron chi connectivity index (χ0n) is 29.6. The summed E-state index contributed by atoms with van der Waals surface area (Å²) >= 11 is 0. The molecule has 0 saturated carbocycles. The Kier molecular flexibility index (Phi) is 25.5. The third-order valence-corrected chi connectivity index (χ3v) is 7.51. The fraction of sp³-hybridized carbons (Fsp3) is 0.474. The molecule has 250 valence electrons. The van der Waals surface area contributed by atoms with E-state index in [1.165, 1.54) is 30.5 Å². The van der Waals surface area contributed by atoms with Crippen LogP contribution in [-0.4, -0.2) is 67.0 Å². The van der Waals surface area contributed by atoms with Crippen LogP contribution in [0.3, 0.4) is 0 Å². The van der Waals surface area contributed by atoms with Crippen molar-refractivity contribution in [3.8, 4) is 0 Å². The molecule has 2 aromatic rings. The van der Waals surface area contributed by atoms with Crippen LogP contribution in [0, 0.1) is 7.43 Å². The summed E-state index contributed by atoms with van der Waals surface area (Å²) in [5.41, 5.74) is 11.1. The van der Waals surface area contributed by atoms with Gasteiger partial charge in [0.15, 0.2) is 0 Å². The standard InChI is InChI=1S/C30H42N6O.C5H12.C2H4.CH3.Na/c1-3-27-10-7-12-29(34-27)30(25-13-15-26(31)16-14-25)36-19-4-5-20-37-23-35(18-8-17-32-22-36)21-28-11-6-9-24(2)33-28;1-3-5-4-2;1-2;;/h3,6-7,9-16,24,30,32-33H,1,4-5,8,17-23,31H2,2H3;3-5H2,1-2H3;1-2H2;1H3;/q;;;-1;+1. The van der Waals surface area contributed by atoms with Gasteiger partial charge in [0.05, 0.1) is 24.2 Å². The maximum absolute atomic E-state index is 6.11. The van der Waals surface area contributed by atoms with Gasteiger partial charge in [0.1, 0.15) is 0 Å². The van der Waals surface area contributed by atoms with Crippen LogP contribution in [0.15, 0.2) is 86.1 Å². The van der Waals surface area contributed by atoms with Crippen molar-refractivity contribution in [3.05, 3.63) is 111 Å². The molecule has 4 N–H and O–H groups in total. The smallest absolute Gasteiger partial charge is 0.399 e. The van der Waals surface area contributed by atoms with Crippen LogP contribution in [0.1, 0.15) is 82.3 Å². The van der Waals surface area contributed by atoms with Crippen molar-refractivity contribution in [1.82, 2.24) is 25.4 Å². The Bertz CT molecular complexity index is 1120. The molecule has 0 radical (unpaired) electrons. The summed E-state index contributed by atoms with van der Waals surface area (Å²) in [6.45, 7) is 22.5. The average molecular weight is 641 g/mol. The number of nitrogens with two attached hydrogens (primary N) is 1. The molecule has 2 atom stereocenters. The van der Waals surface area contributed by atoms with E-state index in [9.17, 15) is 0 Å². The number of hydrogen-bond acceptors (Lipinski definition) is 7. The van der Waals surface area contributed by atoms with E-state index in [0.29, 0.717) is 12.8 Å². The maximum atomic E-state index is 6.11. The molecule has 2 unspecified atom stereocenters. The summed E-state index contributed by atoms with van der Waals surface area (Å²) in [5, 5.41) is 7.27. The number of anilines is 1. The number of nitrogen functional groups attached to an aromatic ring is 1. The van der Waals surface area contributed by atoms with Crippen molar-refractivity contribution in [2.45, 2.75) is 71.4 Å². The maximum Gasteiger partial charge on any atom is 1.00 e. The summed E-state index contributed by atoms with van der Waals surface area (Å²) in [5.74, 6) is 0. The average Bonchev–Trinajstić information content (AvgIpc) is 3.06. The molecule has 0 aliphatic carbocycles. The second-order valence-corrected chi connectivity index (χ2v) is 11.2. The predicted molar refractivity (Wildman–Crippen MR) is 196 cm³/mol. The SMILES string of the molecule is C=C.C=Cc1cccc(C(c2ccc(N)cc2)N2CCCCOCN(CC3=CC=CC(C)N3)CCCNC2)n1.CCCCC.[CH3-].[Na+]. The van der Waals surface area contributed by atoms with Gasteiger partial charge in [-0.2, -0.15) is 0 Å². The Morgan fingerprint density at radius 1 is 1.07 bits per heavy atom. The molecule has 3 heterocycles. The molecule has 0 amide bonds. The van der Waals surface area contributed by atoms with E-state index < -0.39 is 0 Å². The van der Waals surface area contributed by atoms with Gasteiger partial charge in [-0.15, -0.1) is 13.2 Å². The number of pyridine rings is 1. The third kappa shape index (κ3) is 16.6. The molecule has 2 aliphatic heterocycles. The number of ether oxygens (including phenoxy) is 1. The number of hydrogen-bond donors (Lipinski definition) is 3. The molecule has 1 aromatic carbocycles. The quantitative estimate of drug-likeness (QED) is 0.169. The summed E-state index contributed by atoms with van der Waals surface area (Å²) < 4.78 is 6.11. The van der Waals surface area contributed by atoms with E-state index in [1.807, 2.05) is 18.2 Å². The number of allylic oxidation sites excluding steroid dienone is 2. The number of dihydropyridines is 1. The molecule has 46 heavy (non-hydrogen) atoms. The third-order valence-electron chi connectivity index (χ3n) is 7.51. The number of rotatable bonds is 8. The molecule has 0 spiro atoms. The van der Waals surface area contributed by atoms with Crippen molar-refractivity contribution in [2.24, 2.45) is 0 Å². The first-order valence-corrected chi connectivity index (χ1v) is 16.4. The molecule has 2 aliphatic rings. The van der Waals surface area contributed by atoms with Crippen LogP contribution in [-0.2, 0) is 4.74 Å². The minimum Gasteiger partial charge on any atom is -0.399 e. The summed E-state index contributed by atoms with van der Waals surface area (Å²) in [7, 11) is 0. The van der Waals surface area contributed by atoms with Gasteiger partial charge in [0, 0.05) is 50.3 Å². The number of aromatic nitrogens is 1. The topological polar surface area (TPSA) is 78.7 Å². The first kappa shape index (κ1) is 43.8. The summed E-state index contributed by atoms with van der Waals surface area (Å²) in [6.07, 6.45) is 15.5. The molecule has 1 aromatic heterocycles. The molecule has 0 bridgehead atoms. The van der Waals surface area contributed by atoms with Gasteiger partial charge in [0.25, 0.3) is 0 Å². The van der Waals surface area contributed by atoms with Crippen LogP contribution in [0.4, 0.5) is 5.69 Å². The molecule has 1 saturated heterocycles. The van der Waals surface area contributed by atoms with Gasteiger partial charge >= 0.3 is 29.6 Å². The van der Waals surface area contributed by atoms with E-state index in [0.717, 1.165) is 75.8 Å². The minimum atomic E-state index is 0. The first-order valence-electron chi connectivity index (χ1n) is 16.4. The first-order chi connectivity index (χ1) is 21.5. The van der Waals surface area contributed by atoms with Crippen molar-refractivity contribution in [1.29, 1.82) is 0 Å². The largest absolute Gasteiger partial charge is 1.00 e. The van der Waals surface area contributed by atoms with Gasteiger partial charge in [-0.3, -0.25) is 14.8 Å². The van der Waals surface area contributed by atoms with Gasteiger partial charge in [-0.1, -0.05) is 70.0 Å². The Labute approximate surface area is 303 Å². The van der Waals surface area contributed by atoms with E-state index >= 15 is 0 Å². The van der Waals surface area contributed by atoms with Crippen LogP contribution in [0.2, 0.25) is 0 Å². The molecule has 7 nitrogen and oxygen atoms in total. The monoisotopic (exact) mass is 640 g/mol. The second-order valence-electron chi connectivity index (χ2n) is 11.2. The van der Waals surface area contributed by atoms with Crippen molar-refractivity contribution in [2.75, 3.05) is 51.9 Å². The second kappa shape index (κ2) is 26.8. The van der Waals surface area contributed by atoms with Crippen LogP contribution in [0.25, 0.3) is 6.08 Å². The van der Waals surface area contributed by atoms with E-state index in [1.54, 1.807) is 6.08 Å². The Hall–Kier alpha value is -2.23. The van der Waals surface area contributed by atoms with Crippen LogP contribution in [0.5, 0.6) is 0 Å². The molecule has 8 heteroatoms. The molecule has 4 rings (SSSR count). The summed E-state index contributed by atoms with van der Waals surface area (Å²) in [6, 6.07) is 14.8. The number of unbranched alkanes of at least 4 members (excludes halogenated alkanes) is 2. The van der Waals surface area contributed by atoms with Gasteiger partial charge < -0.3 is 28.5 Å². The van der Waals surface area contributed by atoms with Crippen LogP contribution < -0.4 is 45.9 Å². The number of benzene rings is 1. The van der Waals surface area contributed by atoms with Gasteiger partial charge in [-0.05, 0) is 74.7 Å². The fourth-order valence-electron chi connectivity index (χ4n) is 5.25. The van der Waals surface area contributed by atoms with Crippen molar-refractivity contribution in [3.63, 3.8) is 0 Å². The molecular weight excluding hydrogens is 579 g/mol. The normalized spacial score (nSPS) is 18.3. The number of nitrogens with one attached hydrogen (secondary N) is 2. The zero-order valence-corrected chi connectivity index (χ0v) is 31.6. The predicted octanol–water partition coefficient (Wildman–Crippen LogP) is 4.59. The Balaban J connectivity index is 0.00000205. The van der Waals surface area contributed by atoms with Crippen molar-refractivity contribution >= 4 is 11.8 Å². The van der Waals surface area contributed by atoms with Gasteiger partial charge in [-0.25, -0.2) is 0 Å². The molecular formula is C38H61N6NaO. The van der Waals surface area contributed by atoms with E-state index in [2.05, 4.69) is 103 Å². The van der Waals surface area contributed by atoms with Crippen LogP contribution >= 0.6 is 0 Å². The summed E-state index contributed by atoms with van der Waals surface area (Å²) in [4.78, 5) is 9.79. The van der Waals surface area contributed by atoms with E-state index in [4.69, 9.17) is 15.5 Å². The van der Waals surface area contributed by atoms with Crippen molar-refractivity contribution < 1.29 is 34.3 Å². The Morgan fingerprint density at radius 2 is 1.80 bits per heavy atom. The van der Waals surface area contributed by atoms with Gasteiger partial charge in [0.2, 0.25) is 0 Å². The minimum absolute atomic E-state index is 0. The fourth-order valence-corrected chi connectivity index (χ4v) is 5.25.